The highest BCUT2D eigenvalue weighted by atomic mass is 16.4. The standard InChI is InChI=1S/C16H21N3O/c1-2-3-13(17)15-18-19-16(20-15)14-11-5-9-4-10(7-11)8-12(14)6-9/h1,9-14H,3-8,17H2. The van der Waals surface area contributed by atoms with Crippen LogP contribution in [0.1, 0.15) is 62.3 Å². The molecule has 106 valence electrons. The van der Waals surface area contributed by atoms with Crippen LogP contribution in [0.25, 0.3) is 0 Å². The summed E-state index contributed by atoms with van der Waals surface area (Å²) in [5.41, 5.74) is 5.95. The van der Waals surface area contributed by atoms with Gasteiger partial charge < -0.3 is 10.2 Å². The molecule has 5 rings (SSSR count). The first kappa shape index (κ1) is 12.4. The highest BCUT2D eigenvalue weighted by molar-refractivity contribution is 5.09. The minimum atomic E-state index is -0.321. The third-order valence-corrected chi connectivity index (χ3v) is 5.62. The molecule has 0 spiro atoms. The van der Waals surface area contributed by atoms with Crippen LogP contribution in [0, 0.1) is 36.0 Å². The van der Waals surface area contributed by atoms with Gasteiger partial charge in [0.25, 0.3) is 0 Å². The number of rotatable bonds is 3. The lowest BCUT2D eigenvalue weighted by Gasteiger charge is -2.53. The lowest BCUT2D eigenvalue weighted by Crippen LogP contribution is -2.43. The van der Waals surface area contributed by atoms with Crippen LogP contribution in [0.4, 0.5) is 0 Å². The quantitative estimate of drug-likeness (QED) is 0.858. The first-order valence-corrected chi connectivity index (χ1v) is 7.77. The zero-order valence-corrected chi connectivity index (χ0v) is 11.7. The largest absolute Gasteiger partial charge is 0.423 e. The summed E-state index contributed by atoms with van der Waals surface area (Å²) in [4.78, 5) is 0. The van der Waals surface area contributed by atoms with Crippen LogP contribution in [0.2, 0.25) is 0 Å². The zero-order valence-electron chi connectivity index (χ0n) is 11.7. The summed E-state index contributed by atoms with van der Waals surface area (Å²) in [5.74, 6) is 7.78. The molecule has 2 N–H and O–H groups in total. The van der Waals surface area contributed by atoms with Gasteiger partial charge in [-0.05, 0) is 55.8 Å². The third kappa shape index (κ3) is 1.88. The number of nitrogens with zero attached hydrogens (tertiary/aromatic N) is 2. The van der Waals surface area contributed by atoms with Gasteiger partial charge in [-0.15, -0.1) is 22.5 Å². The maximum Gasteiger partial charge on any atom is 0.234 e. The van der Waals surface area contributed by atoms with E-state index in [-0.39, 0.29) is 6.04 Å². The lowest BCUT2D eigenvalue weighted by molar-refractivity contribution is -0.0119. The molecule has 0 saturated heterocycles. The lowest BCUT2D eigenvalue weighted by atomic mass is 9.52. The number of terminal acetylenes is 1. The first-order chi connectivity index (χ1) is 9.74. The van der Waals surface area contributed by atoms with Gasteiger partial charge in [0.15, 0.2) is 0 Å². The smallest absolute Gasteiger partial charge is 0.234 e. The van der Waals surface area contributed by atoms with E-state index in [2.05, 4.69) is 16.1 Å². The van der Waals surface area contributed by atoms with E-state index in [1.54, 1.807) is 0 Å². The molecule has 1 unspecified atom stereocenters. The molecule has 4 fully saturated rings. The fraction of sp³-hybridized carbons (Fsp3) is 0.750. The Morgan fingerprint density at radius 3 is 2.40 bits per heavy atom. The molecule has 0 radical (unpaired) electrons. The van der Waals surface area contributed by atoms with E-state index < -0.39 is 0 Å². The van der Waals surface area contributed by atoms with Gasteiger partial charge in [-0.3, -0.25) is 0 Å². The topological polar surface area (TPSA) is 64.9 Å². The van der Waals surface area contributed by atoms with Crippen LogP contribution in [-0.2, 0) is 0 Å². The Hall–Kier alpha value is -1.34. The summed E-state index contributed by atoms with van der Waals surface area (Å²) in [6.45, 7) is 0. The van der Waals surface area contributed by atoms with Crippen LogP contribution in [0.15, 0.2) is 4.42 Å². The molecule has 4 nitrogen and oxygen atoms in total. The minimum absolute atomic E-state index is 0.321. The summed E-state index contributed by atoms with van der Waals surface area (Å²) in [6.07, 6.45) is 12.6. The Bertz CT molecular complexity index is 516. The van der Waals surface area contributed by atoms with Crippen molar-refractivity contribution in [3.8, 4) is 12.3 Å². The molecule has 1 heterocycles. The van der Waals surface area contributed by atoms with E-state index in [1.807, 2.05) is 0 Å². The average molecular weight is 271 g/mol. The van der Waals surface area contributed by atoms with Gasteiger partial charge in [0, 0.05) is 12.3 Å². The van der Waals surface area contributed by atoms with Crippen molar-refractivity contribution in [2.24, 2.45) is 29.4 Å². The van der Waals surface area contributed by atoms with Crippen LogP contribution < -0.4 is 5.73 Å². The van der Waals surface area contributed by atoms with Gasteiger partial charge in [-0.1, -0.05) is 0 Å². The van der Waals surface area contributed by atoms with Gasteiger partial charge in [-0.2, -0.15) is 0 Å². The van der Waals surface area contributed by atoms with Crippen molar-refractivity contribution in [1.29, 1.82) is 0 Å². The second kappa shape index (κ2) is 4.60. The predicted molar refractivity (Wildman–Crippen MR) is 74.5 cm³/mol. The Kier molecular flexibility index (Phi) is 2.85. The van der Waals surface area contributed by atoms with Gasteiger partial charge in [-0.25, -0.2) is 0 Å². The molecule has 1 aromatic rings. The van der Waals surface area contributed by atoms with E-state index in [1.165, 1.54) is 32.1 Å². The molecule has 4 saturated carbocycles. The van der Waals surface area contributed by atoms with Crippen LogP contribution in [-0.4, -0.2) is 10.2 Å². The predicted octanol–water partition coefficient (Wildman–Crippen LogP) is 2.63. The van der Waals surface area contributed by atoms with Crippen LogP contribution >= 0.6 is 0 Å². The van der Waals surface area contributed by atoms with E-state index in [4.69, 9.17) is 16.6 Å². The first-order valence-electron chi connectivity index (χ1n) is 7.77. The zero-order chi connectivity index (χ0) is 13.7. The second-order valence-corrected chi connectivity index (χ2v) is 6.95. The van der Waals surface area contributed by atoms with Crippen molar-refractivity contribution in [2.45, 2.75) is 50.5 Å². The summed E-state index contributed by atoms with van der Waals surface area (Å²) >= 11 is 0. The third-order valence-electron chi connectivity index (χ3n) is 5.62. The van der Waals surface area contributed by atoms with Gasteiger partial charge in [0.2, 0.25) is 11.8 Å². The average Bonchev–Trinajstić information content (AvgIpc) is 2.87. The Labute approximate surface area is 119 Å². The maximum atomic E-state index is 5.95. The van der Waals surface area contributed by atoms with E-state index in [0.717, 1.165) is 29.6 Å². The minimum Gasteiger partial charge on any atom is -0.423 e. The highest BCUT2D eigenvalue weighted by Crippen LogP contribution is 2.59. The summed E-state index contributed by atoms with van der Waals surface area (Å²) in [5, 5.41) is 8.43. The molecule has 4 aliphatic rings. The maximum absolute atomic E-state index is 5.95. The monoisotopic (exact) mass is 271 g/mol. The normalized spacial score (nSPS) is 39.7. The molecule has 1 atom stereocenters. The van der Waals surface area contributed by atoms with Crippen molar-refractivity contribution in [3.05, 3.63) is 11.8 Å². The van der Waals surface area contributed by atoms with Gasteiger partial charge in [0.1, 0.15) is 0 Å². The number of nitrogens with two attached hydrogens (primary N) is 1. The van der Waals surface area contributed by atoms with Crippen LogP contribution in [0.5, 0.6) is 0 Å². The summed E-state index contributed by atoms with van der Waals surface area (Å²) in [7, 11) is 0. The molecule has 0 aliphatic heterocycles. The molecular formula is C16H21N3O. The van der Waals surface area contributed by atoms with Gasteiger partial charge >= 0.3 is 0 Å². The van der Waals surface area contributed by atoms with Gasteiger partial charge in [0.05, 0.1) is 6.04 Å². The number of hydrogen-bond acceptors (Lipinski definition) is 4. The van der Waals surface area contributed by atoms with E-state index in [9.17, 15) is 0 Å². The Morgan fingerprint density at radius 1 is 1.15 bits per heavy atom. The molecule has 4 aliphatic carbocycles. The van der Waals surface area contributed by atoms with Crippen molar-refractivity contribution in [1.82, 2.24) is 10.2 Å². The Morgan fingerprint density at radius 2 is 1.80 bits per heavy atom. The van der Waals surface area contributed by atoms with E-state index in [0.29, 0.717) is 18.2 Å². The number of hydrogen-bond donors (Lipinski definition) is 1. The van der Waals surface area contributed by atoms with Crippen LogP contribution in [0.3, 0.4) is 0 Å². The summed E-state index contributed by atoms with van der Waals surface area (Å²) in [6, 6.07) is -0.321. The van der Waals surface area contributed by atoms with Crippen molar-refractivity contribution in [3.63, 3.8) is 0 Å². The molecule has 20 heavy (non-hydrogen) atoms. The van der Waals surface area contributed by atoms with Crippen molar-refractivity contribution < 1.29 is 4.42 Å². The fourth-order valence-corrected chi connectivity index (χ4v) is 5.07. The fourth-order valence-electron chi connectivity index (χ4n) is 5.07. The molecule has 0 amide bonds. The van der Waals surface area contributed by atoms with Crippen molar-refractivity contribution >= 4 is 0 Å². The second-order valence-electron chi connectivity index (χ2n) is 6.95. The Balaban J connectivity index is 1.57. The molecule has 1 aromatic heterocycles. The highest BCUT2D eigenvalue weighted by Gasteiger charge is 2.50. The van der Waals surface area contributed by atoms with Crippen molar-refractivity contribution in [2.75, 3.05) is 0 Å². The molecule has 4 heteroatoms. The summed E-state index contributed by atoms with van der Waals surface area (Å²) < 4.78 is 5.88. The molecule has 4 bridgehead atoms. The molecule has 0 aromatic carbocycles. The SMILES string of the molecule is C#CCC(N)c1nnc(C2C3CC4CC(C3)CC2C4)o1. The van der Waals surface area contributed by atoms with E-state index >= 15 is 0 Å². The molecular weight excluding hydrogens is 250 g/mol. The number of aromatic nitrogens is 2.